The highest BCUT2D eigenvalue weighted by Gasteiger charge is 2.13. The fourth-order valence-electron chi connectivity index (χ4n) is 1.36. The summed E-state index contributed by atoms with van der Waals surface area (Å²) in [5.74, 6) is 0. The minimum absolute atomic E-state index is 0.0752. The summed E-state index contributed by atoms with van der Waals surface area (Å²) in [6.45, 7) is 0. The Morgan fingerprint density at radius 1 is 1.17 bits per heavy atom. The van der Waals surface area contributed by atoms with E-state index in [1.807, 2.05) is 18.2 Å². The van der Waals surface area contributed by atoms with Crippen LogP contribution < -0.4 is 0 Å². The molecule has 0 unspecified atom stereocenters. The molecule has 2 aromatic rings. The van der Waals surface area contributed by atoms with E-state index in [1.165, 1.54) is 17.2 Å². The molecule has 18 heavy (non-hydrogen) atoms. The molecule has 0 saturated heterocycles. The number of thioether (sulfide) groups is 1. The third-order valence-corrected chi connectivity index (χ3v) is 3.02. The first kappa shape index (κ1) is 12.3. The predicted octanol–water partition coefficient (Wildman–Crippen LogP) is 3.45. The van der Waals surface area contributed by atoms with E-state index >= 15 is 0 Å². The molecule has 0 spiro atoms. The van der Waals surface area contributed by atoms with Crippen LogP contribution in [0.3, 0.4) is 0 Å². The van der Waals surface area contributed by atoms with Crippen LogP contribution in [-0.4, -0.2) is 9.91 Å². The van der Waals surface area contributed by atoms with E-state index in [-0.39, 0.29) is 10.6 Å². The van der Waals surface area contributed by atoms with E-state index in [0.29, 0.717) is 5.56 Å². The van der Waals surface area contributed by atoms with Gasteiger partial charge in [0.15, 0.2) is 0 Å². The van der Waals surface area contributed by atoms with E-state index in [0.717, 1.165) is 5.03 Å². The molecule has 0 bridgehead atoms. The molecular formula is C13H10N2O2S. The maximum Gasteiger partial charge on any atom is 0.283 e. The molecule has 0 aliphatic heterocycles. The normalized spacial score (nSPS) is 11.2. The zero-order valence-corrected chi connectivity index (χ0v) is 10.2. The molecule has 4 nitrogen and oxygen atoms in total. The Hall–Kier alpha value is -2.14. The van der Waals surface area contributed by atoms with Gasteiger partial charge in [-0.3, -0.25) is 10.1 Å². The molecule has 0 saturated carbocycles. The van der Waals surface area contributed by atoms with Gasteiger partial charge in [0.25, 0.3) is 5.70 Å². The summed E-state index contributed by atoms with van der Waals surface area (Å²) in [5, 5.41) is 13.3. The van der Waals surface area contributed by atoms with Crippen molar-refractivity contribution in [1.82, 2.24) is 4.98 Å². The van der Waals surface area contributed by atoms with Crippen molar-refractivity contribution in [3.05, 3.63) is 75.8 Å². The van der Waals surface area contributed by atoms with Crippen LogP contribution in [-0.2, 0) is 0 Å². The molecule has 5 heteroatoms. The van der Waals surface area contributed by atoms with Crippen molar-refractivity contribution < 1.29 is 4.92 Å². The van der Waals surface area contributed by atoms with Gasteiger partial charge >= 0.3 is 0 Å². The Morgan fingerprint density at radius 2 is 1.89 bits per heavy atom. The van der Waals surface area contributed by atoms with Crippen molar-refractivity contribution in [3.8, 4) is 0 Å². The van der Waals surface area contributed by atoms with Crippen LogP contribution in [0.2, 0.25) is 0 Å². The number of rotatable bonds is 4. The lowest BCUT2D eigenvalue weighted by atomic mass is 10.2. The third kappa shape index (κ3) is 3.18. The van der Waals surface area contributed by atoms with E-state index in [4.69, 9.17) is 0 Å². The molecule has 0 atom stereocenters. The largest absolute Gasteiger partial charge is 0.283 e. The minimum atomic E-state index is -0.384. The number of hydrogen-bond acceptors (Lipinski definition) is 4. The molecular weight excluding hydrogens is 248 g/mol. The first-order chi connectivity index (χ1) is 8.77. The van der Waals surface area contributed by atoms with E-state index in [9.17, 15) is 10.1 Å². The summed E-state index contributed by atoms with van der Waals surface area (Å²) in [6.07, 6.45) is 1.66. The average Bonchev–Trinajstić information content (AvgIpc) is 2.41. The third-order valence-electron chi connectivity index (χ3n) is 2.20. The quantitative estimate of drug-likeness (QED) is 0.479. The molecule has 90 valence electrons. The topological polar surface area (TPSA) is 56.0 Å². The highest BCUT2D eigenvalue weighted by Crippen LogP contribution is 2.23. The second-order valence-electron chi connectivity index (χ2n) is 3.41. The monoisotopic (exact) mass is 258 g/mol. The van der Waals surface area contributed by atoms with Crippen molar-refractivity contribution in [3.63, 3.8) is 0 Å². The highest BCUT2D eigenvalue weighted by molar-refractivity contribution is 8.02. The fourth-order valence-corrected chi connectivity index (χ4v) is 2.09. The summed E-state index contributed by atoms with van der Waals surface area (Å²) in [5.41, 5.74) is 0.664. The lowest BCUT2D eigenvalue weighted by Gasteiger charge is -1.98. The summed E-state index contributed by atoms with van der Waals surface area (Å²) < 4.78 is 0. The number of hydrogen-bond donors (Lipinski definition) is 0. The maximum atomic E-state index is 11.0. The Bertz CT molecular complexity index is 556. The zero-order valence-electron chi connectivity index (χ0n) is 9.39. The molecule has 1 aromatic carbocycles. The van der Waals surface area contributed by atoms with E-state index < -0.39 is 0 Å². The van der Waals surface area contributed by atoms with Crippen LogP contribution in [0.1, 0.15) is 5.56 Å². The van der Waals surface area contributed by atoms with Gasteiger partial charge in [-0.05, 0) is 24.3 Å². The van der Waals surface area contributed by atoms with Gasteiger partial charge in [-0.2, -0.15) is 0 Å². The summed E-state index contributed by atoms with van der Waals surface area (Å²) in [7, 11) is 0. The van der Waals surface area contributed by atoms with Crippen molar-refractivity contribution >= 4 is 17.5 Å². The molecule has 0 aliphatic rings. The Kier molecular flexibility index (Phi) is 4.09. The minimum Gasteiger partial charge on any atom is -0.258 e. The van der Waals surface area contributed by atoms with Crippen LogP contribution in [0.4, 0.5) is 0 Å². The first-order valence-corrected chi connectivity index (χ1v) is 6.13. The van der Waals surface area contributed by atoms with Crippen LogP contribution in [0.5, 0.6) is 0 Å². The number of aromatic nitrogens is 1. The SMILES string of the molecule is O=[N+]([O-])/C(=C/Sc1ccccn1)c1ccccc1. The van der Waals surface area contributed by atoms with Gasteiger partial charge in [0.1, 0.15) is 5.03 Å². The summed E-state index contributed by atoms with van der Waals surface area (Å²) >= 11 is 1.24. The molecule has 0 N–H and O–H groups in total. The van der Waals surface area contributed by atoms with Gasteiger partial charge in [0, 0.05) is 6.20 Å². The highest BCUT2D eigenvalue weighted by atomic mass is 32.2. The molecule has 0 aliphatic carbocycles. The Balaban J connectivity index is 2.24. The van der Waals surface area contributed by atoms with Gasteiger partial charge in [-0.25, -0.2) is 4.98 Å². The Labute approximate surface area is 109 Å². The van der Waals surface area contributed by atoms with Crippen molar-refractivity contribution in [2.24, 2.45) is 0 Å². The van der Waals surface area contributed by atoms with Crippen LogP contribution in [0, 0.1) is 10.1 Å². The lowest BCUT2D eigenvalue weighted by Crippen LogP contribution is -1.96. The maximum absolute atomic E-state index is 11.0. The predicted molar refractivity (Wildman–Crippen MR) is 71.5 cm³/mol. The summed E-state index contributed by atoms with van der Waals surface area (Å²) in [6, 6.07) is 14.3. The van der Waals surface area contributed by atoms with Gasteiger partial charge in [0.05, 0.1) is 15.9 Å². The fraction of sp³-hybridized carbons (Fsp3) is 0. The molecule has 0 radical (unpaired) electrons. The number of nitrogens with zero attached hydrogens (tertiary/aromatic N) is 2. The van der Waals surface area contributed by atoms with Gasteiger partial charge in [-0.1, -0.05) is 36.0 Å². The smallest absolute Gasteiger partial charge is 0.258 e. The number of benzene rings is 1. The van der Waals surface area contributed by atoms with Crippen molar-refractivity contribution in [1.29, 1.82) is 0 Å². The molecule has 0 fully saturated rings. The molecule has 0 amide bonds. The zero-order chi connectivity index (χ0) is 12.8. The van der Waals surface area contributed by atoms with E-state index in [1.54, 1.807) is 36.5 Å². The average molecular weight is 258 g/mol. The van der Waals surface area contributed by atoms with Crippen LogP contribution >= 0.6 is 11.8 Å². The molecule has 1 aromatic heterocycles. The van der Waals surface area contributed by atoms with Crippen molar-refractivity contribution in [2.75, 3.05) is 0 Å². The number of pyridine rings is 1. The van der Waals surface area contributed by atoms with Gasteiger partial charge < -0.3 is 0 Å². The Morgan fingerprint density at radius 3 is 2.50 bits per heavy atom. The summed E-state index contributed by atoms with van der Waals surface area (Å²) in [4.78, 5) is 14.7. The second kappa shape index (κ2) is 5.97. The van der Waals surface area contributed by atoms with Crippen LogP contribution in [0.25, 0.3) is 5.70 Å². The van der Waals surface area contributed by atoms with E-state index in [2.05, 4.69) is 4.98 Å². The van der Waals surface area contributed by atoms with Gasteiger partial charge in [0.2, 0.25) is 0 Å². The van der Waals surface area contributed by atoms with Gasteiger partial charge in [-0.15, -0.1) is 0 Å². The second-order valence-corrected chi connectivity index (χ2v) is 4.30. The van der Waals surface area contributed by atoms with Crippen molar-refractivity contribution in [2.45, 2.75) is 5.03 Å². The molecule has 2 rings (SSSR count). The lowest BCUT2D eigenvalue weighted by molar-refractivity contribution is -0.375. The molecule has 1 heterocycles. The standard InChI is InChI=1S/C13H10N2O2S/c16-15(17)12(11-6-2-1-3-7-11)10-18-13-8-4-5-9-14-13/h1-10H/b12-10+. The van der Waals surface area contributed by atoms with Crippen LogP contribution in [0.15, 0.2) is 65.2 Å². The number of nitro groups is 1. The first-order valence-electron chi connectivity index (χ1n) is 5.25.